The Balaban J connectivity index is 2.42. The molecular weight excluding hydrogens is 276 g/mol. The summed E-state index contributed by atoms with van der Waals surface area (Å²) in [6.45, 7) is 1.95. The van der Waals surface area contributed by atoms with Crippen LogP contribution in [0.2, 0.25) is 0 Å². The molecule has 0 atom stereocenters. The van der Waals surface area contributed by atoms with E-state index in [1.54, 1.807) is 12.1 Å². The molecule has 0 unspecified atom stereocenters. The van der Waals surface area contributed by atoms with E-state index in [1.165, 1.54) is 7.11 Å². The zero-order valence-corrected chi connectivity index (χ0v) is 12.1. The molecule has 1 aromatic carbocycles. The van der Waals surface area contributed by atoms with Gasteiger partial charge in [0.05, 0.1) is 7.11 Å². The second kappa shape index (κ2) is 5.92. The van der Waals surface area contributed by atoms with Crippen molar-refractivity contribution in [3.63, 3.8) is 0 Å². The van der Waals surface area contributed by atoms with Crippen LogP contribution in [-0.2, 0) is 12.8 Å². The Kier molecular flexibility index (Phi) is 4.24. The molecule has 0 bridgehead atoms. The summed E-state index contributed by atoms with van der Waals surface area (Å²) in [6, 6.07) is 5.09. The summed E-state index contributed by atoms with van der Waals surface area (Å²) in [5.74, 6) is 0.467. The number of phenolic OH excluding ortho intramolecular Hbond substituents is 1. The van der Waals surface area contributed by atoms with Crippen molar-refractivity contribution < 1.29 is 9.84 Å². The van der Waals surface area contributed by atoms with Crippen LogP contribution in [0.5, 0.6) is 11.5 Å². The fourth-order valence-electron chi connectivity index (χ4n) is 2.10. The maximum Gasteiger partial charge on any atom is 0.255 e. The number of hydrogen-bond donors (Lipinski definition) is 3. The number of methoxy groups -OCH3 is 1. The number of phenols is 1. The lowest BCUT2D eigenvalue weighted by Gasteiger charge is -2.09. The largest absolute Gasteiger partial charge is 0.504 e. The molecule has 2 rings (SSSR count). The van der Waals surface area contributed by atoms with E-state index in [0.717, 1.165) is 11.3 Å². The van der Waals surface area contributed by atoms with Gasteiger partial charge in [0.2, 0.25) is 0 Å². The fourth-order valence-corrected chi connectivity index (χ4v) is 2.31. The predicted octanol–water partition coefficient (Wildman–Crippen LogP) is 2.30. The summed E-state index contributed by atoms with van der Waals surface area (Å²) in [5, 5.41) is 9.77. The van der Waals surface area contributed by atoms with Gasteiger partial charge in [-0.15, -0.1) is 0 Å². The third-order valence-electron chi connectivity index (χ3n) is 3.11. The third kappa shape index (κ3) is 2.91. The smallest absolute Gasteiger partial charge is 0.255 e. The number of aromatic hydroxyl groups is 1. The van der Waals surface area contributed by atoms with Crippen molar-refractivity contribution in [3.05, 3.63) is 50.1 Å². The Morgan fingerprint density at radius 3 is 2.70 bits per heavy atom. The SMILES string of the molecule is CCc1[nH]c(=S)[nH]c(=O)c1Cc1ccc(OC)c(O)c1. The Labute approximate surface area is 121 Å². The minimum absolute atomic E-state index is 0.0587. The molecule has 0 saturated carbocycles. The normalized spacial score (nSPS) is 10.5. The Morgan fingerprint density at radius 1 is 1.35 bits per heavy atom. The van der Waals surface area contributed by atoms with Gasteiger partial charge in [0.25, 0.3) is 5.56 Å². The highest BCUT2D eigenvalue weighted by atomic mass is 32.1. The molecule has 2 aromatic rings. The molecule has 0 aliphatic heterocycles. The lowest BCUT2D eigenvalue weighted by atomic mass is 10.0. The van der Waals surface area contributed by atoms with E-state index in [4.69, 9.17) is 17.0 Å². The molecule has 20 heavy (non-hydrogen) atoms. The molecule has 1 aromatic heterocycles. The highest BCUT2D eigenvalue weighted by Gasteiger charge is 2.10. The molecule has 0 saturated heterocycles. The quantitative estimate of drug-likeness (QED) is 0.756. The second-order valence-electron chi connectivity index (χ2n) is 4.40. The van der Waals surface area contributed by atoms with E-state index >= 15 is 0 Å². The summed E-state index contributed by atoms with van der Waals surface area (Å²) < 4.78 is 5.32. The number of benzene rings is 1. The topological polar surface area (TPSA) is 78.1 Å². The average molecular weight is 292 g/mol. The number of rotatable bonds is 4. The number of H-pyrrole nitrogens is 2. The molecule has 5 nitrogen and oxygen atoms in total. The summed E-state index contributed by atoms with van der Waals surface area (Å²) in [7, 11) is 1.49. The lowest BCUT2D eigenvalue weighted by molar-refractivity contribution is 0.373. The number of hydrogen-bond acceptors (Lipinski definition) is 4. The van der Waals surface area contributed by atoms with Gasteiger partial charge in [-0.25, -0.2) is 0 Å². The first-order valence-corrected chi connectivity index (χ1v) is 6.66. The standard InChI is InChI=1S/C14H16N2O3S/c1-3-10-9(13(18)16-14(20)15-10)6-8-4-5-12(19-2)11(17)7-8/h4-5,7,17H,3,6H2,1-2H3,(H2,15,16,18,20). The van der Waals surface area contributed by atoms with Crippen molar-refractivity contribution in [2.75, 3.05) is 7.11 Å². The molecule has 0 aliphatic rings. The molecule has 0 radical (unpaired) electrons. The second-order valence-corrected chi connectivity index (χ2v) is 4.81. The number of aryl methyl sites for hydroxylation is 1. The van der Waals surface area contributed by atoms with Gasteiger partial charge < -0.3 is 14.8 Å². The number of aromatic amines is 2. The van der Waals surface area contributed by atoms with Crippen molar-refractivity contribution in [3.8, 4) is 11.5 Å². The molecule has 0 spiro atoms. The van der Waals surface area contributed by atoms with Gasteiger partial charge in [-0.3, -0.25) is 9.78 Å². The monoisotopic (exact) mass is 292 g/mol. The summed E-state index contributed by atoms with van der Waals surface area (Å²) in [4.78, 5) is 17.6. The van der Waals surface area contributed by atoms with Gasteiger partial charge in [-0.2, -0.15) is 0 Å². The van der Waals surface area contributed by atoms with Crippen LogP contribution in [0, 0.1) is 4.77 Å². The number of ether oxygens (including phenoxy) is 1. The summed E-state index contributed by atoms with van der Waals surface area (Å²) in [6.07, 6.45) is 1.10. The maximum atomic E-state index is 12.0. The molecule has 0 amide bonds. The zero-order chi connectivity index (χ0) is 14.7. The molecule has 106 valence electrons. The van der Waals surface area contributed by atoms with Gasteiger partial charge in [0.1, 0.15) is 0 Å². The Bertz CT molecular complexity index is 734. The van der Waals surface area contributed by atoms with E-state index in [-0.39, 0.29) is 11.3 Å². The number of nitrogens with one attached hydrogen (secondary N) is 2. The molecule has 0 aliphatic carbocycles. The van der Waals surface area contributed by atoms with Crippen LogP contribution in [0.15, 0.2) is 23.0 Å². The minimum Gasteiger partial charge on any atom is -0.504 e. The molecule has 6 heteroatoms. The molecule has 3 N–H and O–H groups in total. The van der Waals surface area contributed by atoms with E-state index in [2.05, 4.69) is 9.97 Å². The Hall–Kier alpha value is -2.08. The first-order chi connectivity index (χ1) is 9.55. The van der Waals surface area contributed by atoms with Crippen molar-refractivity contribution in [1.29, 1.82) is 0 Å². The highest BCUT2D eigenvalue weighted by molar-refractivity contribution is 7.71. The van der Waals surface area contributed by atoms with Crippen LogP contribution < -0.4 is 10.3 Å². The molecule has 0 fully saturated rings. The van der Waals surface area contributed by atoms with E-state index in [1.807, 2.05) is 13.0 Å². The van der Waals surface area contributed by atoms with Gasteiger partial charge in [-0.1, -0.05) is 13.0 Å². The third-order valence-corrected chi connectivity index (χ3v) is 3.31. The highest BCUT2D eigenvalue weighted by Crippen LogP contribution is 2.27. The van der Waals surface area contributed by atoms with E-state index < -0.39 is 0 Å². The van der Waals surface area contributed by atoms with Gasteiger partial charge in [0, 0.05) is 17.7 Å². The van der Waals surface area contributed by atoms with Crippen molar-refractivity contribution in [1.82, 2.24) is 9.97 Å². The van der Waals surface area contributed by atoms with Crippen LogP contribution in [0.3, 0.4) is 0 Å². The van der Waals surface area contributed by atoms with Crippen LogP contribution in [0.4, 0.5) is 0 Å². The number of aromatic nitrogens is 2. The Morgan fingerprint density at radius 2 is 2.10 bits per heavy atom. The van der Waals surface area contributed by atoms with Crippen LogP contribution in [0.1, 0.15) is 23.7 Å². The fraction of sp³-hybridized carbons (Fsp3) is 0.286. The van der Waals surface area contributed by atoms with Crippen LogP contribution >= 0.6 is 12.2 Å². The summed E-state index contributed by atoms with van der Waals surface area (Å²) >= 11 is 4.96. The van der Waals surface area contributed by atoms with Crippen LogP contribution in [0.25, 0.3) is 0 Å². The van der Waals surface area contributed by atoms with E-state index in [0.29, 0.717) is 28.9 Å². The molecular formula is C14H16N2O3S. The zero-order valence-electron chi connectivity index (χ0n) is 11.3. The first kappa shape index (κ1) is 14.3. The van der Waals surface area contributed by atoms with Gasteiger partial charge in [-0.05, 0) is 36.3 Å². The van der Waals surface area contributed by atoms with Crippen LogP contribution in [-0.4, -0.2) is 22.2 Å². The predicted molar refractivity (Wildman–Crippen MR) is 79.1 cm³/mol. The lowest BCUT2D eigenvalue weighted by Crippen LogP contribution is -2.18. The van der Waals surface area contributed by atoms with Gasteiger partial charge >= 0.3 is 0 Å². The first-order valence-electron chi connectivity index (χ1n) is 6.25. The van der Waals surface area contributed by atoms with Gasteiger partial charge in [0.15, 0.2) is 16.3 Å². The minimum atomic E-state index is -0.194. The van der Waals surface area contributed by atoms with Crippen molar-refractivity contribution in [2.24, 2.45) is 0 Å². The molecule has 1 heterocycles. The van der Waals surface area contributed by atoms with Crippen molar-refractivity contribution >= 4 is 12.2 Å². The summed E-state index contributed by atoms with van der Waals surface area (Å²) in [5.41, 5.74) is 2.08. The van der Waals surface area contributed by atoms with E-state index in [9.17, 15) is 9.90 Å². The van der Waals surface area contributed by atoms with Crippen molar-refractivity contribution in [2.45, 2.75) is 19.8 Å². The average Bonchev–Trinajstić information content (AvgIpc) is 2.41. The maximum absolute atomic E-state index is 12.0.